The summed E-state index contributed by atoms with van der Waals surface area (Å²) in [5.74, 6) is 1.33. The van der Waals surface area contributed by atoms with Crippen molar-refractivity contribution >= 4 is 40.2 Å². The predicted molar refractivity (Wildman–Crippen MR) is 87.5 cm³/mol. The third-order valence-electron chi connectivity index (χ3n) is 3.54. The minimum Gasteiger partial charge on any atom is -0.457 e. The highest BCUT2D eigenvalue weighted by Crippen LogP contribution is 2.23. The fraction of sp³-hybridized carbons (Fsp3) is 0.462. The number of amides is 1. The normalized spacial score (nSPS) is 15.4. The highest BCUT2D eigenvalue weighted by Gasteiger charge is 2.21. The molecule has 0 bridgehead atoms. The number of halogens is 2. The molecule has 2 aromatic rings. The Bertz CT molecular complexity index is 651. The minimum atomic E-state index is -0.267. The summed E-state index contributed by atoms with van der Waals surface area (Å²) >= 11 is 3.17. The number of nitrogens with one attached hydrogen (secondary N) is 2. The van der Waals surface area contributed by atoms with Crippen LogP contribution in [0.4, 0.5) is 5.95 Å². The molecule has 9 heteroatoms. The summed E-state index contributed by atoms with van der Waals surface area (Å²) in [6, 6.07) is 1.61. The van der Waals surface area contributed by atoms with Crippen molar-refractivity contribution in [3.63, 3.8) is 0 Å². The maximum Gasteiger partial charge on any atom is 0.261 e. The molecule has 0 aliphatic carbocycles. The summed E-state index contributed by atoms with van der Waals surface area (Å²) in [5, 5.41) is 10.5. The largest absolute Gasteiger partial charge is 0.457 e. The maximum atomic E-state index is 12.1. The molecule has 1 aliphatic heterocycles. The van der Waals surface area contributed by atoms with Crippen molar-refractivity contribution in [3.05, 3.63) is 28.4 Å². The van der Waals surface area contributed by atoms with Gasteiger partial charge in [0.2, 0.25) is 5.95 Å². The Morgan fingerprint density at radius 3 is 2.86 bits per heavy atom. The number of nitrogens with zero attached hydrogens (tertiary/aromatic N) is 3. The second-order valence-corrected chi connectivity index (χ2v) is 5.82. The number of aromatic nitrogens is 3. The Kier molecular flexibility index (Phi) is 5.60. The van der Waals surface area contributed by atoms with E-state index in [4.69, 9.17) is 4.42 Å². The van der Waals surface area contributed by atoms with E-state index in [2.05, 4.69) is 36.6 Å². The number of hydrogen-bond donors (Lipinski definition) is 2. The lowest BCUT2D eigenvalue weighted by Crippen LogP contribution is -2.27. The summed E-state index contributed by atoms with van der Waals surface area (Å²) in [6.45, 7) is 1.96. The number of rotatable bonds is 3. The van der Waals surface area contributed by atoms with Gasteiger partial charge in [0.15, 0.2) is 10.5 Å². The van der Waals surface area contributed by atoms with Crippen molar-refractivity contribution in [1.29, 1.82) is 0 Å². The maximum absolute atomic E-state index is 12.1. The zero-order valence-corrected chi connectivity index (χ0v) is 14.4. The first kappa shape index (κ1) is 17.0. The molecular weight excluding hydrogens is 374 g/mol. The molecule has 2 aromatic heterocycles. The molecule has 3 heterocycles. The Morgan fingerprint density at radius 1 is 1.50 bits per heavy atom. The van der Waals surface area contributed by atoms with Gasteiger partial charge in [0.05, 0.1) is 5.56 Å². The van der Waals surface area contributed by atoms with Crippen LogP contribution in [0.25, 0.3) is 0 Å². The Hall–Kier alpha value is -1.38. The third kappa shape index (κ3) is 3.68. The fourth-order valence-electron chi connectivity index (χ4n) is 2.37. The van der Waals surface area contributed by atoms with Crippen LogP contribution >= 0.6 is 28.3 Å². The van der Waals surface area contributed by atoms with E-state index in [0.717, 1.165) is 31.8 Å². The van der Waals surface area contributed by atoms with Gasteiger partial charge < -0.3 is 9.73 Å². The van der Waals surface area contributed by atoms with Crippen molar-refractivity contribution < 1.29 is 9.21 Å². The molecule has 120 valence electrons. The SMILES string of the molecule is Cl.Cn1nc(C2CCNCC2)nc1NC(=O)c1coc(Br)c1. The first-order valence-electron chi connectivity index (χ1n) is 6.80. The molecule has 0 spiro atoms. The second kappa shape index (κ2) is 7.26. The first-order valence-corrected chi connectivity index (χ1v) is 7.60. The molecule has 2 N–H and O–H groups in total. The molecule has 1 aliphatic rings. The standard InChI is InChI=1S/C13H16BrN5O2.ClH/c1-19-13(17-12(20)9-6-10(14)21-7-9)16-11(18-19)8-2-4-15-5-3-8;/h6-8,15H,2-5H2,1H3,(H,16,17,18,20);1H. The number of furan rings is 1. The molecule has 0 unspecified atom stereocenters. The first-order chi connectivity index (χ1) is 10.1. The van der Waals surface area contributed by atoms with Gasteiger partial charge in [0, 0.05) is 19.0 Å². The van der Waals surface area contributed by atoms with Crippen molar-refractivity contribution in [2.75, 3.05) is 18.4 Å². The molecule has 0 atom stereocenters. The topological polar surface area (TPSA) is 85.0 Å². The number of carbonyl (C=O) groups is 1. The van der Waals surface area contributed by atoms with Crippen LogP contribution in [0.15, 0.2) is 21.4 Å². The monoisotopic (exact) mass is 389 g/mol. The highest BCUT2D eigenvalue weighted by atomic mass is 79.9. The smallest absolute Gasteiger partial charge is 0.261 e. The van der Waals surface area contributed by atoms with Crippen molar-refractivity contribution in [2.24, 2.45) is 7.05 Å². The van der Waals surface area contributed by atoms with Crippen LogP contribution in [0, 0.1) is 0 Å². The van der Waals surface area contributed by atoms with E-state index in [9.17, 15) is 4.79 Å². The zero-order valence-electron chi connectivity index (χ0n) is 12.0. The van der Waals surface area contributed by atoms with Gasteiger partial charge in [-0.3, -0.25) is 10.1 Å². The Labute approximate surface area is 142 Å². The second-order valence-electron chi connectivity index (χ2n) is 5.04. The van der Waals surface area contributed by atoms with E-state index in [-0.39, 0.29) is 18.3 Å². The molecule has 1 amide bonds. The van der Waals surface area contributed by atoms with Crippen LogP contribution in [0.5, 0.6) is 0 Å². The van der Waals surface area contributed by atoms with Gasteiger partial charge in [-0.25, -0.2) is 4.68 Å². The van der Waals surface area contributed by atoms with Crippen molar-refractivity contribution in [2.45, 2.75) is 18.8 Å². The van der Waals surface area contributed by atoms with E-state index in [1.807, 2.05) is 0 Å². The summed E-state index contributed by atoms with van der Waals surface area (Å²) < 4.78 is 7.18. The molecule has 0 saturated carbocycles. The van der Waals surface area contributed by atoms with Gasteiger partial charge in [-0.1, -0.05) is 0 Å². The summed E-state index contributed by atoms with van der Waals surface area (Å²) in [4.78, 5) is 16.5. The van der Waals surface area contributed by atoms with E-state index < -0.39 is 0 Å². The van der Waals surface area contributed by atoms with Gasteiger partial charge in [0.25, 0.3) is 5.91 Å². The predicted octanol–water partition coefficient (Wildman–Crippen LogP) is 2.31. The van der Waals surface area contributed by atoms with Crippen molar-refractivity contribution in [3.8, 4) is 0 Å². The van der Waals surface area contributed by atoms with Crippen LogP contribution in [-0.2, 0) is 7.05 Å². The number of aryl methyl sites for hydroxylation is 1. The highest BCUT2D eigenvalue weighted by molar-refractivity contribution is 9.10. The Balaban J connectivity index is 0.00000176. The average Bonchev–Trinajstić information content (AvgIpc) is 3.07. The van der Waals surface area contributed by atoms with Crippen molar-refractivity contribution in [1.82, 2.24) is 20.1 Å². The van der Waals surface area contributed by atoms with E-state index >= 15 is 0 Å². The third-order valence-corrected chi connectivity index (χ3v) is 3.95. The van der Waals surface area contributed by atoms with Crippen LogP contribution in [0.1, 0.15) is 34.9 Å². The van der Waals surface area contributed by atoms with E-state index in [1.165, 1.54) is 6.26 Å². The van der Waals surface area contributed by atoms with Crippen LogP contribution in [0.3, 0.4) is 0 Å². The molecule has 1 saturated heterocycles. The van der Waals surface area contributed by atoms with Gasteiger partial charge in [0.1, 0.15) is 6.26 Å². The molecule has 22 heavy (non-hydrogen) atoms. The Morgan fingerprint density at radius 2 is 2.23 bits per heavy atom. The quantitative estimate of drug-likeness (QED) is 0.840. The number of hydrogen-bond acceptors (Lipinski definition) is 5. The van der Waals surface area contributed by atoms with Crippen LogP contribution in [-0.4, -0.2) is 33.8 Å². The summed E-state index contributed by atoms with van der Waals surface area (Å²) in [5.41, 5.74) is 0.438. The summed E-state index contributed by atoms with van der Waals surface area (Å²) in [6.07, 6.45) is 3.43. The lowest BCUT2D eigenvalue weighted by molar-refractivity contribution is 0.102. The molecule has 0 radical (unpaired) electrons. The van der Waals surface area contributed by atoms with Gasteiger partial charge in [-0.05, 0) is 41.9 Å². The number of piperidine rings is 1. The van der Waals surface area contributed by atoms with Gasteiger partial charge >= 0.3 is 0 Å². The van der Waals surface area contributed by atoms with Crippen LogP contribution < -0.4 is 10.6 Å². The number of carbonyl (C=O) groups excluding carboxylic acids is 1. The molecule has 1 fully saturated rings. The lowest BCUT2D eigenvalue weighted by atomic mass is 9.98. The van der Waals surface area contributed by atoms with E-state index in [0.29, 0.717) is 22.1 Å². The van der Waals surface area contributed by atoms with Gasteiger partial charge in [-0.15, -0.1) is 12.4 Å². The molecule has 3 rings (SSSR count). The molecule has 0 aromatic carbocycles. The molecular formula is C13H17BrClN5O2. The zero-order chi connectivity index (χ0) is 14.8. The fourth-order valence-corrected chi connectivity index (χ4v) is 2.71. The average molecular weight is 391 g/mol. The lowest BCUT2D eigenvalue weighted by Gasteiger charge is -2.19. The summed E-state index contributed by atoms with van der Waals surface area (Å²) in [7, 11) is 1.78. The number of anilines is 1. The van der Waals surface area contributed by atoms with Gasteiger partial charge in [-0.2, -0.15) is 10.1 Å². The van der Waals surface area contributed by atoms with E-state index in [1.54, 1.807) is 17.8 Å². The minimum absolute atomic E-state index is 0. The van der Waals surface area contributed by atoms with Crippen LogP contribution in [0.2, 0.25) is 0 Å². The molecule has 7 nitrogen and oxygen atoms in total.